The van der Waals surface area contributed by atoms with Crippen molar-refractivity contribution in [1.29, 1.82) is 0 Å². The van der Waals surface area contributed by atoms with Crippen molar-refractivity contribution in [3.05, 3.63) is 0 Å². The molecule has 8 unspecified atom stereocenters. The van der Waals surface area contributed by atoms with E-state index in [1.165, 1.54) is 0 Å². The van der Waals surface area contributed by atoms with Crippen LogP contribution in [0.1, 0.15) is 44.2 Å². The molecule has 0 fully saturated rings. The normalized spacial score (nSPS) is 15.5. The lowest BCUT2D eigenvalue weighted by atomic mass is 10.1. The highest BCUT2D eigenvalue weighted by Gasteiger charge is 2.62. The number of hydrogen-bond donors (Lipinski definition) is 8. The van der Waals surface area contributed by atoms with Crippen LogP contribution in [0.2, 0.25) is 0 Å². The van der Waals surface area contributed by atoms with Gasteiger partial charge in [-0.1, -0.05) is 0 Å². The summed E-state index contributed by atoms with van der Waals surface area (Å²) in [5, 5.41) is 72.8. The van der Waals surface area contributed by atoms with Crippen molar-refractivity contribution < 1.29 is 280 Å². The molecule has 0 aliphatic rings. The Hall–Kier alpha value is -3.48. The SMILES string of the molecule is OCC(COCCOCC(CO)COCC(F)(F)C(F)(F)F)COCCC(F)(F)F.OCC(COCCOCC(CO)COCC(F)(F)CC(F)(F)C(F)(F)F)COCCC(F)(F)CC(F)(F)F.OCC(COCCOCC(CO)COCC(F)(F)CC(F)(F)F)COCCC(F)(F)C(F)(F)F.OCC(COCCOCC(CO)COCC(F)(F)F)COCC(F)(F)F.[HH].[HH].[HH].[HH]. The maximum absolute atomic E-state index is 13.4. The largest absolute Gasteiger partial charge is 0.455 e. The number of hydrogen-bond acceptors (Lipinski definition) is 24. The van der Waals surface area contributed by atoms with Gasteiger partial charge < -0.3 is 117 Å². The molecule has 0 rings (SSSR count). The van der Waals surface area contributed by atoms with Crippen molar-refractivity contribution in [2.24, 2.45) is 47.3 Å². The van der Waals surface area contributed by atoms with Crippen LogP contribution in [-0.4, -0.2) is 390 Å². The van der Waals surface area contributed by atoms with Gasteiger partial charge in [-0.15, -0.1) is 0 Å². The first-order valence-electron chi connectivity index (χ1n) is 37.6. The molecular weight excluding hydrogens is 1880 g/mol. The second-order valence-corrected chi connectivity index (χ2v) is 27.8. The number of aliphatic hydroxyl groups is 8. The molecule has 60 heteroatoms. The van der Waals surface area contributed by atoms with E-state index in [1.807, 2.05) is 0 Å². The first kappa shape index (κ1) is 131. The first-order chi connectivity index (χ1) is 58.7. The van der Waals surface area contributed by atoms with Crippen molar-refractivity contribution in [1.82, 2.24) is 0 Å². The zero-order chi connectivity index (χ0) is 99.5. The van der Waals surface area contributed by atoms with Gasteiger partial charge in [0.15, 0.2) is 0 Å². The van der Waals surface area contributed by atoms with Crippen molar-refractivity contribution in [2.45, 2.75) is 123 Å². The molecule has 8 atom stereocenters. The average molecular weight is 2000 g/mol. The number of alkyl halides is 36. The molecule has 0 saturated heterocycles. The molecular formula is C68H116F36O24. The molecule has 0 radical (unpaired) electrons. The summed E-state index contributed by atoms with van der Waals surface area (Å²) in [6.07, 6.45) is -52.2. The minimum absolute atomic E-state index is 0. The smallest absolute Gasteiger partial charge is 0.396 e. The lowest BCUT2D eigenvalue weighted by molar-refractivity contribution is -0.303. The van der Waals surface area contributed by atoms with Crippen LogP contribution in [0, 0.1) is 47.3 Å². The van der Waals surface area contributed by atoms with Gasteiger partial charge >= 0.3 is 67.2 Å². The van der Waals surface area contributed by atoms with Crippen LogP contribution in [-0.2, 0) is 75.8 Å². The van der Waals surface area contributed by atoms with Crippen LogP contribution < -0.4 is 0 Å². The summed E-state index contributed by atoms with van der Waals surface area (Å²) in [6.45, 7) is -18.5. The van der Waals surface area contributed by atoms with Crippen LogP contribution in [0.4, 0.5) is 158 Å². The number of aliphatic hydroxyl groups excluding tert-OH is 8. The van der Waals surface area contributed by atoms with E-state index >= 15 is 0 Å². The van der Waals surface area contributed by atoms with Crippen molar-refractivity contribution in [3.8, 4) is 0 Å². The number of ether oxygens (including phenoxy) is 16. The fourth-order valence-electron chi connectivity index (χ4n) is 8.27. The predicted molar refractivity (Wildman–Crippen MR) is 372 cm³/mol. The van der Waals surface area contributed by atoms with Gasteiger partial charge in [0.2, 0.25) is 0 Å². The molecule has 8 N–H and O–H groups in total. The summed E-state index contributed by atoms with van der Waals surface area (Å²) in [4.78, 5) is 0. The molecule has 0 bridgehead atoms. The molecule has 0 saturated carbocycles. The van der Waals surface area contributed by atoms with Crippen LogP contribution in [0.5, 0.6) is 0 Å². The van der Waals surface area contributed by atoms with E-state index in [2.05, 4.69) is 23.7 Å². The molecule has 0 amide bonds. The second-order valence-electron chi connectivity index (χ2n) is 27.8. The Morgan fingerprint density at radius 2 is 0.352 bits per heavy atom. The molecule has 128 heavy (non-hydrogen) atoms. The fraction of sp³-hybridized carbons (Fsp3) is 1.00. The number of rotatable bonds is 72. The molecule has 0 aliphatic carbocycles. The molecule has 0 spiro atoms. The molecule has 784 valence electrons. The Bertz CT molecular complexity index is 2600. The van der Waals surface area contributed by atoms with Crippen LogP contribution >= 0.6 is 0 Å². The van der Waals surface area contributed by atoms with Crippen molar-refractivity contribution >= 4 is 0 Å². The Morgan fingerprint density at radius 3 is 0.562 bits per heavy atom. The highest BCUT2D eigenvalue weighted by molar-refractivity contribution is 4.84. The Labute approximate surface area is 714 Å². The number of halogens is 36. The molecule has 0 aromatic heterocycles. The predicted octanol–water partition coefficient (Wildman–Crippen LogP) is 12.7. The van der Waals surface area contributed by atoms with Gasteiger partial charge in [-0.2, -0.15) is 132 Å². The summed E-state index contributed by atoms with van der Waals surface area (Å²) in [6, 6.07) is 0. The Morgan fingerprint density at radius 1 is 0.164 bits per heavy atom. The minimum atomic E-state index is -6.15. The first-order valence-corrected chi connectivity index (χ1v) is 37.6. The van der Waals surface area contributed by atoms with Gasteiger partial charge in [0.05, 0.1) is 244 Å². The molecule has 0 aromatic rings. The highest BCUT2D eigenvalue weighted by atomic mass is 19.5. The molecule has 24 nitrogen and oxygen atoms in total. The zero-order valence-corrected chi connectivity index (χ0v) is 67.9. The summed E-state index contributed by atoms with van der Waals surface area (Å²) in [5.74, 6) is -33.9. The van der Waals surface area contributed by atoms with Crippen LogP contribution in [0.25, 0.3) is 0 Å². The maximum atomic E-state index is 13.4. The second kappa shape index (κ2) is 66.9. The van der Waals surface area contributed by atoms with E-state index in [1.54, 1.807) is 0 Å². The Kier molecular flexibility index (Phi) is 68.3. The zero-order valence-electron chi connectivity index (χ0n) is 67.9. The lowest BCUT2D eigenvalue weighted by Crippen LogP contribution is -2.43. The van der Waals surface area contributed by atoms with Gasteiger partial charge in [-0.05, 0) is 0 Å². The van der Waals surface area contributed by atoms with E-state index in [-0.39, 0.29) is 151 Å². The Balaban J connectivity index is -0.000000258. The van der Waals surface area contributed by atoms with Gasteiger partial charge in [-0.3, -0.25) is 0 Å². The topological polar surface area (TPSA) is 310 Å². The monoisotopic (exact) mass is 2000 g/mol. The molecule has 0 aromatic carbocycles. The van der Waals surface area contributed by atoms with Crippen LogP contribution in [0.3, 0.4) is 0 Å². The van der Waals surface area contributed by atoms with Crippen molar-refractivity contribution in [3.63, 3.8) is 0 Å². The average Bonchev–Trinajstić information content (AvgIpc) is 0.814. The van der Waals surface area contributed by atoms with E-state index in [0.29, 0.717) is 0 Å². The van der Waals surface area contributed by atoms with Gasteiger partial charge in [0, 0.05) is 65.9 Å². The molecule has 0 heterocycles. The van der Waals surface area contributed by atoms with Crippen LogP contribution in [0.15, 0.2) is 0 Å². The summed E-state index contributed by atoms with van der Waals surface area (Å²) in [7, 11) is 0. The quantitative estimate of drug-likeness (QED) is 0.0207. The summed E-state index contributed by atoms with van der Waals surface area (Å²) >= 11 is 0. The fourth-order valence-corrected chi connectivity index (χ4v) is 8.27. The third-order valence-corrected chi connectivity index (χ3v) is 15.0. The van der Waals surface area contributed by atoms with E-state index < -0.39 is 290 Å². The summed E-state index contributed by atoms with van der Waals surface area (Å²) in [5.41, 5.74) is 0. The van der Waals surface area contributed by atoms with E-state index in [4.69, 9.17) is 82.7 Å². The van der Waals surface area contributed by atoms with Crippen molar-refractivity contribution in [2.75, 3.05) is 264 Å². The molecule has 0 aliphatic heterocycles. The third-order valence-electron chi connectivity index (χ3n) is 15.0. The van der Waals surface area contributed by atoms with Gasteiger partial charge in [0.1, 0.15) is 45.9 Å². The van der Waals surface area contributed by atoms with E-state index in [9.17, 15) is 168 Å². The minimum Gasteiger partial charge on any atom is -0.396 e. The lowest BCUT2D eigenvalue weighted by Gasteiger charge is -2.25. The van der Waals surface area contributed by atoms with E-state index in [0.717, 1.165) is 0 Å². The third kappa shape index (κ3) is 77.8. The van der Waals surface area contributed by atoms with Gasteiger partial charge in [-0.25, -0.2) is 26.3 Å². The highest BCUT2D eigenvalue weighted by Crippen LogP contribution is 2.44. The summed E-state index contributed by atoms with van der Waals surface area (Å²) < 4.78 is 521. The maximum Gasteiger partial charge on any atom is 0.455 e. The van der Waals surface area contributed by atoms with Gasteiger partial charge in [0.25, 0.3) is 17.8 Å². The standard InChI is InChI=1S/C20H30F12O6.C18H28F10O6.C16H26F8O6.C14H24F6O6.4H2/c21-16(22,12-19(27,28)29)1-2-35-7-14(5-33)8-36-3-4-37-9-15(6-34)10-38-13-17(23,24)11-18(25,26)20(30,31)32;19-15(20,11-17(23,24)25)12-34-10-14(6-30)9-33-4-3-32-8-13(5-29)7-31-2-1-16(21,22)18(26,27)28;17-14(18,16(22,23)24)11-30-10-13(6-26)9-29-4-3-28-8-12(5-25)7-27-2-1-15(19,20)21;15-13(16,17)9-25-7-11(3-21)5-23-1-2-24-6-12(4-22)8-26-10-14(18,19)20;;;;/h14-15,33-34H,1-13H2;13-14,29-30H,1-12H2;12-13,25-26H,1-11H2;11-12,21-22H,1-10H2;4*1H.